The quantitative estimate of drug-likeness (QED) is 0.892. The average Bonchev–Trinajstić information content (AvgIpc) is 2.96. The molecule has 1 saturated heterocycles. The smallest absolute Gasteiger partial charge is 0.257 e. The lowest BCUT2D eigenvalue weighted by molar-refractivity contribution is 0.0788. The molecule has 1 fully saturated rings. The standard InChI is InChI=1S/C17H16ClNO3/c18-13-3-1-2-11(8-13)12-6-7-19(10-12)17(22)15-5-4-14(20)9-16(15)21/h1-5,8-9,12,20-21H,6-7,10H2/t12-/m0/s1. The molecule has 0 unspecified atom stereocenters. The van der Waals surface area contributed by atoms with Crippen LogP contribution in [0.4, 0.5) is 0 Å². The third-order valence-electron chi connectivity index (χ3n) is 4.01. The minimum atomic E-state index is -0.220. The lowest BCUT2D eigenvalue weighted by atomic mass is 9.99. The predicted octanol–water partition coefficient (Wildman–Crippen LogP) is 3.38. The average molecular weight is 318 g/mol. The number of carbonyl (C=O) groups excluding carboxylic acids is 1. The van der Waals surface area contributed by atoms with E-state index in [1.54, 1.807) is 4.90 Å². The Morgan fingerprint density at radius 2 is 2.00 bits per heavy atom. The van der Waals surface area contributed by atoms with Gasteiger partial charge in [0, 0.05) is 30.1 Å². The molecule has 1 aliphatic rings. The number of nitrogens with zero attached hydrogens (tertiary/aromatic N) is 1. The maximum atomic E-state index is 12.5. The summed E-state index contributed by atoms with van der Waals surface area (Å²) in [6, 6.07) is 11.7. The number of hydrogen-bond donors (Lipinski definition) is 2. The maximum absolute atomic E-state index is 12.5. The van der Waals surface area contributed by atoms with Crippen molar-refractivity contribution in [1.29, 1.82) is 0 Å². The molecule has 1 heterocycles. The number of phenols is 2. The molecule has 0 saturated carbocycles. The second kappa shape index (κ2) is 5.89. The highest BCUT2D eigenvalue weighted by atomic mass is 35.5. The Bertz CT molecular complexity index is 717. The van der Waals surface area contributed by atoms with Crippen LogP contribution in [0.1, 0.15) is 28.3 Å². The summed E-state index contributed by atoms with van der Waals surface area (Å²) in [7, 11) is 0. The highest BCUT2D eigenvalue weighted by molar-refractivity contribution is 6.30. The number of halogens is 1. The monoisotopic (exact) mass is 317 g/mol. The number of benzene rings is 2. The van der Waals surface area contributed by atoms with E-state index in [1.807, 2.05) is 24.3 Å². The van der Waals surface area contributed by atoms with Crippen LogP contribution < -0.4 is 0 Å². The van der Waals surface area contributed by atoms with E-state index in [2.05, 4.69) is 0 Å². The van der Waals surface area contributed by atoms with E-state index >= 15 is 0 Å². The summed E-state index contributed by atoms with van der Waals surface area (Å²) >= 11 is 6.02. The van der Waals surface area contributed by atoms with Crippen molar-refractivity contribution in [2.75, 3.05) is 13.1 Å². The second-order valence-electron chi connectivity index (χ2n) is 5.49. The molecule has 1 aliphatic heterocycles. The molecule has 114 valence electrons. The lowest BCUT2D eigenvalue weighted by Crippen LogP contribution is -2.28. The largest absolute Gasteiger partial charge is 0.508 e. The van der Waals surface area contributed by atoms with Gasteiger partial charge in [-0.15, -0.1) is 0 Å². The van der Waals surface area contributed by atoms with Gasteiger partial charge >= 0.3 is 0 Å². The lowest BCUT2D eigenvalue weighted by Gasteiger charge is -2.17. The van der Waals surface area contributed by atoms with Crippen LogP contribution in [-0.2, 0) is 0 Å². The Labute approximate surface area is 133 Å². The van der Waals surface area contributed by atoms with Crippen molar-refractivity contribution >= 4 is 17.5 Å². The molecule has 2 aromatic rings. The van der Waals surface area contributed by atoms with Gasteiger partial charge in [0.15, 0.2) is 0 Å². The van der Waals surface area contributed by atoms with Gasteiger partial charge < -0.3 is 15.1 Å². The summed E-state index contributed by atoms with van der Waals surface area (Å²) in [5, 5.41) is 19.8. The fourth-order valence-corrected chi connectivity index (χ4v) is 3.05. The van der Waals surface area contributed by atoms with Gasteiger partial charge in [-0.05, 0) is 36.2 Å². The number of phenolic OH excluding ortho intramolecular Hbond substituents is 2. The molecule has 1 amide bonds. The van der Waals surface area contributed by atoms with Gasteiger partial charge in [0.25, 0.3) is 5.91 Å². The summed E-state index contributed by atoms with van der Waals surface area (Å²) in [5.41, 5.74) is 1.34. The zero-order valence-electron chi connectivity index (χ0n) is 11.9. The Morgan fingerprint density at radius 3 is 2.73 bits per heavy atom. The molecular weight excluding hydrogens is 302 g/mol. The molecule has 0 bridgehead atoms. The van der Waals surface area contributed by atoms with Crippen molar-refractivity contribution < 1.29 is 15.0 Å². The second-order valence-corrected chi connectivity index (χ2v) is 5.93. The first-order valence-corrected chi connectivity index (χ1v) is 7.49. The van der Waals surface area contributed by atoms with E-state index in [1.165, 1.54) is 18.2 Å². The third kappa shape index (κ3) is 2.88. The molecule has 0 aliphatic carbocycles. The first-order valence-electron chi connectivity index (χ1n) is 7.11. The Morgan fingerprint density at radius 1 is 1.18 bits per heavy atom. The number of carbonyl (C=O) groups is 1. The molecule has 0 radical (unpaired) electrons. The van der Waals surface area contributed by atoms with Gasteiger partial charge in [0.1, 0.15) is 11.5 Å². The van der Waals surface area contributed by atoms with Crippen molar-refractivity contribution in [3.63, 3.8) is 0 Å². The Hall–Kier alpha value is -2.20. The minimum absolute atomic E-state index is 0.0627. The Balaban J connectivity index is 1.76. The number of aromatic hydroxyl groups is 2. The SMILES string of the molecule is O=C(c1ccc(O)cc1O)N1CC[C@H](c2cccc(Cl)c2)C1. The fraction of sp³-hybridized carbons (Fsp3) is 0.235. The highest BCUT2D eigenvalue weighted by Gasteiger charge is 2.29. The van der Waals surface area contributed by atoms with E-state index in [-0.39, 0.29) is 28.9 Å². The molecule has 2 N–H and O–H groups in total. The molecule has 22 heavy (non-hydrogen) atoms. The van der Waals surface area contributed by atoms with Crippen LogP contribution >= 0.6 is 11.6 Å². The molecule has 4 nitrogen and oxygen atoms in total. The van der Waals surface area contributed by atoms with Gasteiger partial charge in [0.05, 0.1) is 5.56 Å². The third-order valence-corrected chi connectivity index (χ3v) is 4.24. The Kier molecular flexibility index (Phi) is 3.94. The van der Waals surface area contributed by atoms with E-state index in [9.17, 15) is 15.0 Å². The zero-order chi connectivity index (χ0) is 15.7. The summed E-state index contributed by atoms with van der Waals surface area (Å²) in [5.74, 6) is -0.229. The van der Waals surface area contributed by atoms with E-state index < -0.39 is 0 Å². The zero-order valence-corrected chi connectivity index (χ0v) is 12.6. The van der Waals surface area contributed by atoms with Crippen LogP contribution in [-0.4, -0.2) is 34.1 Å². The molecule has 0 aromatic heterocycles. The van der Waals surface area contributed by atoms with Crippen molar-refractivity contribution in [2.45, 2.75) is 12.3 Å². The van der Waals surface area contributed by atoms with Gasteiger partial charge in [-0.25, -0.2) is 0 Å². The number of rotatable bonds is 2. The molecule has 1 atom stereocenters. The number of hydrogen-bond acceptors (Lipinski definition) is 3. The molecule has 0 spiro atoms. The maximum Gasteiger partial charge on any atom is 0.257 e. The van der Waals surface area contributed by atoms with Gasteiger partial charge in [0.2, 0.25) is 0 Å². The van der Waals surface area contributed by atoms with Crippen molar-refractivity contribution in [3.8, 4) is 11.5 Å². The molecule has 2 aromatic carbocycles. The predicted molar refractivity (Wildman–Crippen MR) is 84.5 cm³/mol. The summed E-state index contributed by atoms with van der Waals surface area (Å²) in [4.78, 5) is 14.2. The van der Waals surface area contributed by atoms with E-state index in [0.29, 0.717) is 18.1 Å². The van der Waals surface area contributed by atoms with Gasteiger partial charge in [-0.3, -0.25) is 4.79 Å². The van der Waals surface area contributed by atoms with Crippen LogP contribution in [0.2, 0.25) is 5.02 Å². The van der Waals surface area contributed by atoms with E-state index in [0.717, 1.165) is 12.0 Å². The van der Waals surface area contributed by atoms with Crippen molar-refractivity contribution in [3.05, 3.63) is 58.6 Å². The first kappa shape index (κ1) is 14.7. The van der Waals surface area contributed by atoms with Crippen LogP contribution in [0, 0.1) is 0 Å². The van der Waals surface area contributed by atoms with Crippen LogP contribution in [0.15, 0.2) is 42.5 Å². The molecule has 3 rings (SSSR count). The highest BCUT2D eigenvalue weighted by Crippen LogP contribution is 2.31. The summed E-state index contributed by atoms with van der Waals surface area (Å²) < 4.78 is 0. The molecule has 5 heteroatoms. The first-order chi connectivity index (χ1) is 10.5. The van der Waals surface area contributed by atoms with Gasteiger partial charge in [-0.1, -0.05) is 23.7 Å². The fourth-order valence-electron chi connectivity index (χ4n) is 2.85. The van der Waals surface area contributed by atoms with Gasteiger partial charge in [-0.2, -0.15) is 0 Å². The number of likely N-dealkylation sites (tertiary alicyclic amines) is 1. The summed E-state index contributed by atoms with van der Waals surface area (Å²) in [6.45, 7) is 1.23. The normalized spacial score (nSPS) is 17.7. The topological polar surface area (TPSA) is 60.8 Å². The van der Waals surface area contributed by atoms with Crippen LogP contribution in [0.3, 0.4) is 0 Å². The van der Waals surface area contributed by atoms with Crippen LogP contribution in [0.5, 0.6) is 11.5 Å². The van der Waals surface area contributed by atoms with Crippen molar-refractivity contribution in [1.82, 2.24) is 4.90 Å². The summed E-state index contributed by atoms with van der Waals surface area (Å²) in [6.07, 6.45) is 0.866. The minimum Gasteiger partial charge on any atom is -0.508 e. The number of amides is 1. The molecular formula is C17H16ClNO3. The van der Waals surface area contributed by atoms with Crippen LogP contribution in [0.25, 0.3) is 0 Å². The van der Waals surface area contributed by atoms with Crippen molar-refractivity contribution in [2.24, 2.45) is 0 Å². The van der Waals surface area contributed by atoms with E-state index in [4.69, 9.17) is 11.6 Å².